The van der Waals surface area contributed by atoms with Gasteiger partial charge in [0, 0.05) is 7.11 Å². The first-order chi connectivity index (χ1) is 5.75. The summed E-state index contributed by atoms with van der Waals surface area (Å²) in [5.74, 6) is 0. The van der Waals surface area contributed by atoms with Gasteiger partial charge in [0.2, 0.25) is 0 Å². The van der Waals surface area contributed by atoms with Crippen molar-refractivity contribution in [1.29, 1.82) is 0 Å². The molecule has 0 unspecified atom stereocenters. The van der Waals surface area contributed by atoms with E-state index < -0.39 is 12.3 Å². The topological polar surface area (TPSA) is 55.5 Å². The highest BCUT2D eigenvalue weighted by molar-refractivity contribution is 5.17. The van der Waals surface area contributed by atoms with Gasteiger partial charge in [-0.05, 0) is 5.56 Å². The van der Waals surface area contributed by atoms with Crippen LogP contribution in [0.3, 0.4) is 0 Å². The standard InChI is InChI=1S/C9H13NO2/c1-12-9(10)8(11)7-5-3-2-4-6-7/h2-6,8-9,11H,10H2,1H3/t8-,9-/m0/s1. The number of hydrogen-bond acceptors (Lipinski definition) is 3. The van der Waals surface area contributed by atoms with Gasteiger partial charge < -0.3 is 15.6 Å². The van der Waals surface area contributed by atoms with Gasteiger partial charge >= 0.3 is 0 Å². The Balaban J connectivity index is 2.71. The van der Waals surface area contributed by atoms with Crippen molar-refractivity contribution in [3.63, 3.8) is 0 Å². The quantitative estimate of drug-likeness (QED) is 0.650. The molecule has 0 saturated carbocycles. The van der Waals surface area contributed by atoms with Crippen LogP contribution in [0.4, 0.5) is 0 Å². The average molecular weight is 167 g/mol. The van der Waals surface area contributed by atoms with Gasteiger partial charge in [-0.25, -0.2) is 0 Å². The smallest absolute Gasteiger partial charge is 0.135 e. The zero-order valence-electron chi connectivity index (χ0n) is 6.97. The van der Waals surface area contributed by atoms with E-state index in [1.165, 1.54) is 7.11 Å². The molecule has 0 fully saturated rings. The molecule has 3 N–H and O–H groups in total. The first-order valence-electron chi connectivity index (χ1n) is 3.77. The van der Waals surface area contributed by atoms with E-state index in [0.717, 1.165) is 5.56 Å². The number of rotatable bonds is 3. The highest BCUT2D eigenvalue weighted by Gasteiger charge is 2.14. The van der Waals surface area contributed by atoms with Crippen molar-refractivity contribution in [3.05, 3.63) is 35.9 Å². The maximum absolute atomic E-state index is 9.54. The van der Waals surface area contributed by atoms with Crippen molar-refractivity contribution in [3.8, 4) is 0 Å². The minimum absolute atomic E-state index is 0.660. The lowest BCUT2D eigenvalue weighted by molar-refractivity contribution is -0.00897. The average Bonchev–Trinajstić information content (AvgIpc) is 2.17. The second-order valence-corrected chi connectivity index (χ2v) is 2.56. The number of ether oxygens (including phenoxy) is 1. The zero-order chi connectivity index (χ0) is 8.97. The Morgan fingerprint density at radius 2 is 1.92 bits per heavy atom. The molecule has 0 amide bonds. The van der Waals surface area contributed by atoms with Crippen LogP contribution < -0.4 is 5.73 Å². The zero-order valence-corrected chi connectivity index (χ0v) is 6.97. The number of methoxy groups -OCH3 is 1. The summed E-state index contributed by atoms with van der Waals surface area (Å²) in [5, 5.41) is 9.54. The van der Waals surface area contributed by atoms with Crippen LogP contribution in [0.15, 0.2) is 30.3 Å². The van der Waals surface area contributed by atoms with E-state index in [0.29, 0.717) is 0 Å². The summed E-state index contributed by atoms with van der Waals surface area (Å²) < 4.78 is 4.79. The Hall–Kier alpha value is -0.900. The van der Waals surface area contributed by atoms with Crippen molar-refractivity contribution in [2.45, 2.75) is 12.3 Å². The third-order valence-electron chi connectivity index (χ3n) is 1.72. The number of hydrogen-bond donors (Lipinski definition) is 2. The molecule has 0 bridgehead atoms. The summed E-state index contributed by atoms with van der Waals surface area (Å²) in [6.45, 7) is 0. The largest absolute Gasteiger partial charge is 0.384 e. The molecular formula is C9H13NO2. The van der Waals surface area contributed by atoms with Crippen LogP contribution in [0.5, 0.6) is 0 Å². The fourth-order valence-corrected chi connectivity index (χ4v) is 0.969. The summed E-state index contributed by atoms with van der Waals surface area (Å²) in [5.41, 5.74) is 6.25. The SMILES string of the molecule is CO[C@H](N)[C@@H](O)c1ccccc1. The lowest BCUT2D eigenvalue weighted by Gasteiger charge is -2.16. The monoisotopic (exact) mass is 167 g/mol. The first-order valence-corrected chi connectivity index (χ1v) is 3.77. The van der Waals surface area contributed by atoms with Gasteiger partial charge in [-0.15, -0.1) is 0 Å². The molecule has 0 aliphatic heterocycles. The van der Waals surface area contributed by atoms with Crippen LogP contribution in [0, 0.1) is 0 Å². The fraction of sp³-hybridized carbons (Fsp3) is 0.333. The fourth-order valence-electron chi connectivity index (χ4n) is 0.969. The molecule has 0 spiro atoms. The second-order valence-electron chi connectivity index (χ2n) is 2.56. The van der Waals surface area contributed by atoms with Gasteiger partial charge in [-0.1, -0.05) is 30.3 Å². The maximum Gasteiger partial charge on any atom is 0.135 e. The predicted octanol–water partition coefficient (Wildman–Crippen LogP) is 0.651. The van der Waals surface area contributed by atoms with Gasteiger partial charge in [0.1, 0.15) is 12.3 Å². The van der Waals surface area contributed by atoms with Crippen molar-refractivity contribution in [2.75, 3.05) is 7.11 Å². The third-order valence-corrected chi connectivity index (χ3v) is 1.72. The van der Waals surface area contributed by atoms with Crippen LogP contribution in [0.25, 0.3) is 0 Å². The van der Waals surface area contributed by atoms with E-state index in [4.69, 9.17) is 10.5 Å². The molecule has 0 radical (unpaired) electrons. The van der Waals surface area contributed by atoms with Gasteiger partial charge in [-0.2, -0.15) is 0 Å². The van der Waals surface area contributed by atoms with E-state index in [9.17, 15) is 5.11 Å². The predicted molar refractivity (Wildman–Crippen MR) is 46.4 cm³/mol. The van der Waals surface area contributed by atoms with Crippen LogP contribution >= 0.6 is 0 Å². The molecule has 3 nitrogen and oxygen atoms in total. The molecule has 0 heterocycles. The van der Waals surface area contributed by atoms with E-state index in [1.807, 2.05) is 30.3 Å². The van der Waals surface area contributed by atoms with Crippen LogP contribution in [-0.4, -0.2) is 18.4 Å². The lowest BCUT2D eigenvalue weighted by atomic mass is 10.1. The Kier molecular flexibility index (Phi) is 3.22. The molecule has 0 aromatic heterocycles. The van der Waals surface area contributed by atoms with Gasteiger partial charge in [0.25, 0.3) is 0 Å². The molecule has 0 saturated heterocycles. The number of aliphatic hydroxyl groups is 1. The van der Waals surface area contributed by atoms with Crippen LogP contribution in [0.1, 0.15) is 11.7 Å². The van der Waals surface area contributed by atoms with Gasteiger partial charge in [-0.3, -0.25) is 0 Å². The Morgan fingerprint density at radius 3 is 2.42 bits per heavy atom. The highest BCUT2D eigenvalue weighted by Crippen LogP contribution is 2.14. The molecule has 66 valence electrons. The van der Waals surface area contributed by atoms with Crippen molar-refractivity contribution < 1.29 is 9.84 Å². The van der Waals surface area contributed by atoms with E-state index in [-0.39, 0.29) is 0 Å². The number of benzene rings is 1. The Bertz CT molecular complexity index is 225. The maximum atomic E-state index is 9.54. The van der Waals surface area contributed by atoms with Crippen LogP contribution in [-0.2, 0) is 4.74 Å². The number of aliphatic hydroxyl groups excluding tert-OH is 1. The molecule has 0 aliphatic carbocycles. The van der Waals surface area contributed by atoms with Gasteiger partial charge in [0.15, 0.2) is 0 Å². The molecule has 1 aromatic rings. The molecule has 1 aromatic carbocycles. The minimum Gasteiger partial charge on any atom is -0.384 e. The molecule has 12 heavy (non-hydrogen) atoms. The third kappa shape index (κ3) is 2.04. The van der Waals surface area contributed by atoms with Crippen LogP contribution in [0.2, 0.25) is 0 Å². The normalized spacial score (nSPS) is 15.6. The minimum atomic E-state index is -0.754. The van der Waals surface area contributed by atoms with Crippen molar-refractivity contribution in [1.82, 2.24) is 0 Å². The van der Waals surface area contributed by atoms with E-state index >= 15 is 0 Å². The summed E-state index contributed by atoms with van der Waals surface area (Å²) >= 11 is 0. The van der Waals surface area contributed by atoms with Crippen molar-refractivity contribution >= 4 is 0 Å². The molecular weight excluding hydrogens is 154 g/mol. The molecule has 0 aliphatic rings. The Labute approximate surface area is 71.8 Å². The summed E-state index contributed by atoms with van der Waals surface area (Å²) in [6.07, 6.45) is -1.41. The molecule has 2 atom stereocenters. The number of nitrogens with two attached hydrogens (primary N) is 1. The summed E-state index contributed by atoms with van der Waals surface area (Å²) in [6, 6.07) is 9.20. The lowest BCUT2D eigenvalue weighted by Crippen LogP contribution is -2.29. The summed E-state index contributed by atoms with van der Waals surface area (Å²) in [7, 11) is 1.47. The van der Waals surface area contributed by atoms with Gasteiger partial charge in [0.05, 0.1) is 0 Å². The Morgan fingerprint density at radius 1 is 1.33 bits per heavy atom. The highest BCUT2D eigenvalue weighted by atomic mass is 16.5. The van der Waals surface area contributed by atoms with Crippen molar-refractivity contribution in [2.24, 2.45) is 5.73 Å². The first kappa shape index (κ1) is 9.19. The summed E-state index contributed by atoms with van der Waals surface area (Å²) in [4.78, 5) is 0. The van der Waals surface area contributed by atoms with E-state index in [2.05, 4.69) is 0 Å². The second kappa shape index (κ2) is 4.21. The van der Waals surface area contributed by atoms with E-state index in [1.54, 1.807) is 0 Å². The molecule has 1 rings (SSSR count). The molecule has 3 heteroatoms.